The summed E-state index contributed by atoms with van der Waals surface area (Å²) in [6.45, 7) is 5.98. The molecule has 0 radical (unpaired) electrons. The molecule has 3 rings (SSSR count). The van der Waals surface area contributed by atoms with Crippen LogP contribution in [0.3, 0.4) is 0 Å². The quantitative estimate of drug-likeness (QED) is 0.518. The van der Waals surface area contributed by atoms with E-state index >= 15 is 0 Å². The van der Waals surface area contributed by atoms with Gasteiger partial charge < -0.3 is 25.4 Å². The largest absolute Gasteiger partial charge is 0.493 e. The number of aryl methyl sites for hydroxylation is 1. The first-order chi connectivity index (χ1) is 14.1. The zero-order chi connectivity index (χ0) is 20.5. The number of anilines is 1. The molecule has 2 aromatic rings. The summed E-state index contributed by atoms with van der Waals surface area (Å²) in [6.07, 6.45) is 2.46. The van der Waals surface area contributed by atoms with Gasteiger partial charge in [0.15, 0.2) is 18.1 Å². The van der Waals surface area contributed by atoms with Crippen molar-refractivity contribution in [1.82, 2.24) is 10.6 Å². The number of benzene rings is 2. The highest BCUT2D eigenvalue weighted by Gasteiger charge is 2.13. The zero-order valence-corrected chi connectivity index (χ0v) is 19.7. The minimum atomic E-state index is -0.205. The Morgan fingerprint density at radius 2 is 1.77 bits per heavy atom. The van der Waals surface area contributed by atoms with Gasteiger partial charge in [0.25, 0.3) is 5.91 Å². The van der Waals surface area contributed by atoms with Crippen LogP contribution in [0.5, 0.6) is 11.5 Å². The number of nitrogens with one attached hydrogen (secondary N) is 3. The van der Waals surface area contributed by atoms with Crippen molar-refractivity contribution >= 4 is 36.4 Å². The minimum Gasteiger partial charge on any atom is -0.493 e. The number of hydrogen-bond donors (Lipinski definition) is 3. The highest BCUT2D eigenvalue weighted by molar-refractivity contribution is 5.91. The molecule has 1 amide bonds. The van der Waals surface area contributed by atoms with Crippen LogP contribution in [-0.4, -0.2) is 39.3 Å². The molecule has 0 aliphatic carbocycles. The summed E-state index contributed by atoms with van der Waals surface area (Å²) in [5, 5.41) is 9.76. The Morgan fingerprint density at radius 1 is 1.06 bits per heavy atom. The third-order valence-corrected chi connectivity index (χ3v) is 5.14. The lowest BCUT2D eigenvalue weighted by molar-refractivity contribution is -0.118. The molecular weight excluding hydrogens is 437 g/mol. The summed E-state index contributed by atoms with van der Waals surface area (Å²) < 4.78 is 11.1. The van der Waals surface area contributed by atoms with Gasteiger partial charge in [-0.3, -0.25) is 4.79 Å². The van der Waals surface area contributed by atoms with Crippen molar-refractivity contribution in [1.29, 1.82) is 0 Å². The second-order valence-electron chi connectivity index (χ2n) is 7.51. The molecular formula is C23H33Cl2N3O3. The molecule has 8 heteroatoms. The topological polar surface area (TPSA) is 71.6 Å². The van der Waals surface area contributed by atoms with Crippen molar-refractivity contribution in [2.45, 2.75) is 26.3 Å². The Balaban J connectivity index is 0.00000240. The Morgan fingerprint density at radius 3 is 2.45 bits per heavy atom. The summed E-state index contributed by atoms with van der Waals surface area (Å²) in [4.78, 5) is 12.1. The van der Waals surface area contributed by atoms with E-state index in [0.29, 0.717) is 11.5 Å². The normalized spacial score (nSPS) is 13.5. The molecule has 31 heavy (non-hydrogen) atoms. The van der Waals surface area contributed by atoms with Gasteiger partial charge in [-0.05, 0) is 75.1 Å². The van der Waals surface area contributed by atoms with E-state index in [0.717, 1.165) is 48.9 Å². The second kappa shape index (κ2) is 14.1. The molecule has 6 nitrogen and oxygen atoms in total. The second-order valence-corrected chi connectivity index (χ2v) is 7.51. The van der Waals surface area contributed by atoms with E-state index in [1.54, 1.807) is 7.11 Å². The predicted molar refractivity (Wildman–Crippen MR) is 130 cm³/mol. The summed E-state index contributed by atoms with van der Waals surface area (Å²) in [7, 11) is 1.61. The fraction of sp³-hybridized carbons (Fsp3) is 0.435. The molecule has 1 aliphatic heterocycles. The van der Waals surface area contributed by atoms with Gasteiger partial charge in [0.1, 0.15) is 0 Å². The number of methoxy groups -OCH3 is 1. The number of carbonyl (C=O) groups excluding carboxylic acids is 1. The average molecular weight is 470 g/mol. The van der Waals surface area contributed by atoms with Crippen molar-refractivity contribution < 1.29 is 14.3 Å². The molecule has 0 bridgehead atoms. The minimum absolute atomic E-state index is 0. The van der Waals surface area contributed by atoms with Crippen LogP contribution in [0.15, 0.2) is 42.5 Å². The van der Waals surface area contributed by atoms with Crippen molar-refractivity contribution in [3.63, 3.8) is 0 Å². The molecule has 1 fully saturated rings. The Bertz CT molecular complexity index is 797. The highest BCUT2D eigenvalue weighted by Crippen LogP contribution is 2.28. The van der Waals surface area contributed by atoms with E-state index in [1.807, 2.05) is 49.4 Å². The lowest BCUT2D eigenvalue weighted by Crippen LogP contribution is -2.33. The van der Waals surface area contributed by atoms with Crippen LogP contribution in [0.4, 0.5) is 5.69 Å². The van der Waals surface area contributed by atoms with E-state index in [4.69, 9.17) is 9.47 Å². The number of ether oxygens (including phenoxy) is 2. The number of carbonyl (C=O) groups is 1. The maximum absolute atomic E-state index is 12.1. The maximum Gasteiger partial charge on any atom is 0.262 e. The third kappa shape index (κ3) is 8.95. The summed E-state index contributed by atoms with van der Waals surface area (Å²) in [6, 6.07) is 13.5. The number of rotatable bonds is 9. The Labute approximate surface area is 197 Å². The van der Waals surface area contributed by atoms with Gasteiger partial charge in [-0.25, -0.2) is 0 Å². The predicted octanol–water partition coefficient (Wildman–Crippen LogP) is 3.95. The molecule has 0 unspecified atom stereocenters. The van der Waals surface area contributed by atoms with Crippen LogP contribution >= 0.6 is 24.8 Å². The fourth-order valence-electron chi connectivity index (χ4n) is 3.42. The van der Waals surface area contributed by atoms with Crippen molar-refractivity contribution in [3.8, 4) is 11.5 Å². The molecule has 172 valence electrons. The highest BCUT2D eigenvalue weighted by atomic mass is 35.5. The van der Waals surface area contributed by atoms with Crippen LogP contribution < -0.4 is 25.4 Å². The first kappa shape index (κ1) is 27.0. The fourth-order valence-corrected chi connectivity index (χ4v) is 3.42. The average Bonchev–Trinajstić information content (AvgIpc) is 2.75. The molecule has 0 atom stereocenters. The third-order valence-electron chi connectivity index (χ3n) is 5.14. The van der Waals surface area contributed by atoms with Crippen molar-refractivity contribution in [2.24, 2.45) is 5.92 Å². The van der Waals surface area contributed by atoms with Gasteiger partial charge in [-0.15, -0.1) is 24.8 Å². The summed E-state index contributed by atoms with van der Waals surface area (Å²) >= 11 is 0. The van der Waals surface area contributed by atoms with Gasteiger partial charge in [-0.1, -0.05) is 23.8 Å². The van der Waals surface area contributed by atoms with Gasteiger partial charge in [0.05, 0.1) is 7.11 Å². The zero-order valence-electron chi connectivity index (χ0n) is 18.1. The van der Waals surface area contributed by atoms with E-state index in [9.17, 15) is 4.79 Å². The van der Waals surface area contributed by atoms with Gasteiger partial charge in [-0.2, -0.15) is 0 Å². The number of hydrogen-bond acceptors (Lipinski definition) is 5. The van der Waals surface area contributed by atoms with E-state index in [1.165, 1.54) is 12.8 Å². The lowest BCUT2D eigenvalue weighted by atomic mass is 9.98. The van der Waals surface area contributed by atoms with Gasteiger partial charge >= 0.3 is 0 Å². The number of halogens is 2. The molecule has 2 aromatic carbocycles. The number of amides is 1. The van der Waals surface area contributed by atoms with E-state index in [-0.39, 0.29) is 37.3 Å². The van der Waals surface area contributed by atoms with Crippen LogP contribution in [0.2, 0.25) is 0 Å². The van der Waals surface area contributed by atoms with Crippen LogP contribution in [0.25, 0.3) is 0 Å². The standard InChI is InChI=1S/C23H31N3O3.2ClH/c1-17-3-6-20(7-4-17)26-23(27)16-29-21-8-5-19(13-22(21)28-2)15-25-14-18-9-11-24-12-10-18;;/h3-8,13,18,24-25H,9-12,14-16H2,1-2H3,(H,26,27);2*1H. The van der Waals surface area contributed by atoms with Crippen molar-refractivity contribution in [2.75, 3.05) is 38.7 Å². The molecule has 1 aliphatic rings. The maximum atomic E-state index is 12.1. The molecule has 0 aromatic heterocycles. The molecule has 1 saturated heterocycles. The van der Waals surface area contributed by atoms with Gasteiger partial charge in [0.2, 0.25) is 0 Å². The SMILES string of the molecule is COc1cc(CNCC2CCNCC2)ccc1OCC(=O)Nc1ccc(C)cc1.Cl.Cl. The molecule has 0 saturated carbocycles. The number of piperidine rings is 1. The lowest BCUT2D eigenvalue weighted by Gasteiger charge is -2.22. The first-order valence-electron chi connectivity index (χ1n) is 10.2. The van der Waals surface area contributed by atoms with Crippen LogP contribution in [0, 0.1) is 12.8 Å². The summed E-state index contributed by atoms with van der Waals surface area (Å²) in [5.74, 6) is 1.74. The Hall–Kier alpha value is -1.99. The smallest absolute Gasteiger partial charge is 0.262 e. The molecule has 3 N–H and O–H groups in total. The Kier molecular flexibility index (Phi) is 12.3. The molecule has 1 heterocycles. The molecule has 0 spiro atoms. The first-order valence-corrected chi connectivity index (χ1v) is 10.2. The van der Waals surface area contributed by atoms with Crippen LogP contribution in [0.1, 0.15) is 24.0 Å². The monoisotopic (exact) mass is 469 g/mol. The van der Waals surface area contributed by atoms with Crippen molar-refractivity contribution in [3.05, 3.63) is 53.6 Å². The van der Waals surface area contributed by atoms with Gasteiger partial charge in [0, 0.05) is 12.2 Å². The summed E-state index contributed by atoms with van der Waals surface area (Å²) in [5.41, 5.74) is 3.04. The van der Waals surface area contributed by atoms with E-state index < -0.39 is 0 Å². The van der Waals surface area contributed by atoms with E-state index in [2.05, 4.69) is 16.0 Å². The van der Waals surface area contributed by atoms with Crippen LogP contribution in [-0.2, 0) is 11.3 Å².